The minimum absolute atomic E-state index is 0.516. The molecule has 0 aromatic carbocycles. The summed E-state index contributed by atoms with van der Waals surface area (Å²) >= 11 is 3.99. The first kappa shape index (κ1) is 17.1. The van der Waals surface area contributed by atoms with Gasteiger partial charge in [0.15, 0.2) is 5.96 Å². The van der Waals surface area contributed by atoms with E-state index in [1.165, 1.54) is 37.1 Å². The van der Waals surface area contributed by atoms with Gasteiger partial charge in [-0.2, -0.15) is 11.8 Å². The number of fused-ring (bicyclic) bond motifs is 1. The number of thioether (sulfide) groups is 1. The molecular weight excluding hydrogens is 324 g/mol. The molecular formula is C17H28N4S2. The molecule has 0 spiro atoms. The van der Waals surface area contributed by atoms with Crippen LogP contribution in [0.2, 0.25) is 0 Å². The lowest BCUT2D eigenvalue weighted by atomic mass is 10.1. The molecule has 1 aromatic heterocycles. The van der Waals surface area contributed by atoms with Gasteiger partial charge in [-0.3, -0.25) is 9.89 Å². The van der Waals surface area contributed by atoms with Crippen LogP contribution in [-0.4, -0.2) is 54.6 Å². The maximum Gasteiger partial charge on any atom is 0.191 e. The molecule has 3 rings (SSSR count). The molecule has 2 N–H and O–H groups in total. The average molecular weight is 353 g/mol. The Bertz CT molecular complexity index is 522. The number of hydrogen-bond donors (Lipinski definition) is 2. The summed E-state index contributed by atoms with van der Waals surface area (Å²) in [5.74, 6) is 2.26. The summed E-state index contributed by atoms with van der Waals surface area (Å²) in [6, 6.07) is 2.80. The van der Waals surface area contributed by atoms with Gasteiger partial charge in [0.1, 0.15) is 0 Å². The van der Waals surface area contributed by atoms with Crippen molar-refractivity contribution in [3.63, 3.8) is 0 Å². The molecule has 0 radical (unpaired) electrons. The van der Waals surface area contributed by atoms with Crippen LogP contribution in [0.1, 0.15) is 30.2 Å². The van der Waals surface area contributed by atoms with Crippen molar-refractivity contribution in [1.29, 1.82) is 0 Å². The van der Waals surface area contributed by atoms with Gasteiger partial charge in [-0.25, -0.2) is 0 Å². The number of nitrogens with zero attached hydrogens (tertiary/aromatic N) is 2. The second-order valence-electron chi connectivity index (χ2n) is 6.41. The van der Waals surface area contributed by atoms with Gasteiger partial charge in [0.2, 0.25) is 0 Å². The number of rotatable bonds is 5. The first-order valence-electron chi connectivity index (χ1n) is 8.61. The third kappa shape index (κ3) is 4.64. The third-order valence-electron chi connectivity index (χ3n) is 4.77. The van der Waals surface area contributed by atoms with E-state index < -0.39 is 0 Å². The Morgan fingerprint density at radius 2 is 2.39 bits per heavy atom. The molecule has 0 aliphatic carbocycles. The van der Waals surface area contributed by atoms with Crippen molar-refractivity contribution in [2.75, 3.05) is 32.4 Å². The molecule has 0 amide bonds. The zero-order chi connectivity index (χ0) is 16.1. The maximum absolute atomic E-state index is 4.36. The summed E-state index contributed by atoms with van der Waals surface area (Å²) in [4.78, 5) is 8.51. The summed E-state index contributed by atoms with van der Waals surface area (Å²) in [6.45, 7) is 6.54. The fourth-order valence-corrected chi connectivity index (χ4v) is 5.35. The lowest BCUT2D eigenvalue weighted by molar-refractivity contribution is 0.192. The van der Waals surface area contributed by atoms with E-state index in [4.69, 9.17) is 0 Å². The minimum atomic E-state index is 0.516. The smallest absolute Gasteiger partial charge is 0.191 e. The summed E-state index contributed by atoms with van der Waals surface area (Å²) in [7, 11) is 1.86. The summed E-state index contributed by atoms with van der Waals surface area (Å²) in [6.07, 6.45) is 3.89. The molecule has 2 aliphatic rings. The largest absolute Gasteiger partial charge is 0.355 e. The number of guanidine groups is 1. The van der Waals surface area contributed by atoms with E-state index in [2.05, 4.69) is 50.7 Å². The molecule has 128 valence electrons. The fraction of sp³-hybridized carbons (Fsp3) is 0.706. The Balaban J connectivity index is 1.41. The first-order chi connectivity index (χ1) is 11.3. The SMILES string of the molecule is CN=C(NCC1CCCS1)NCC(C)N1CCc2sccc2C1. The normalized spacial score (nSPS) is 23.6. The van der Waals surface area contributed by atoms with E-state index in [9.17, 15) is 0 Å². The zero-order valence-corrected chi connectivity index (χ0v) is 15.8. The minimum Gasteiger partial charge on any atom is -0.355 e. The molecule has 2 atom stereocenters. The average Bonchev–Trinajstić information content (AvgIpc) is 3.25. The Morgan fingerprint density at radius 1 is 1.48 bits per heavy atom. The molecule has 2 unspecified atom stereocenters. The van der Waals surface area contributed by atoms with Crippen LogP contribution >= 0.6 is 23.1 Å². The standard InChI is InChI=1S/C17H28N4S2/c1-13(21-7-5-16-14(12-21)6-9-23-16)10-19-17(18-2)20-11-15-4-3-8-22-15/h6,9,13,15H,3-5,7-8,10-12H2,1-2H3,(H2,18,19,20). The fourth-order valence-electron chi connectivity index (χ4n) is 3.26. The van der Waals surface area contributed by atoms with Gasteiger partial charge in [0, 0.05) is 49.4 Å². The second-order valence-corrected chi connectivity index (χ2v) is 8.82. The van der Waals surface area contributed by atoms with E-state index in [1.807, 2.05) is 18.4 Å². The Labute approximate surface area is 148 Å². The quantitative estimate of drug-likeness (QED) is 0.631. The Morgan fingerprint density at radius 3 is 3.17 bits per heavy atom. The summed E-state index contributed by atoms with van der Waals surface area (Å²) in [5, 5.41) is 9.96. The molecule has 4 nitrogen and oxygen atoms in total. The number of nitrogens with one attached hydrogen (secondary N) is 2. The second kappa shape index (κ2) is 8.40. The van der Waals surface area contributed by atoms with Crippen molar-refractivity contribution in [3.05, 3.63) is 21.9 Å². The van der Waals surface area contributed by atoms with Gasteiger partial charge in [-0.15, -0.1) is 11.3 Å². The highest BCUT2D eigenvalue weighted by atomic mass is 32.2. The molecule has 1 aromatic rings. The monoisotopic (exact) mass is 352 g/mol. The maximum atomic E-state index is 4.36. The molecule has 1 fully saturated rings. The van der Waals surface area contributed by atoms with E-state index in [-0.39, 0.29) is 0 Å². The van der Waals surface area contributed by atoms with E-state index >= 15 is 0 Å². The number of thiophene rings is 1. The van der Waals surface area contributed by atoms with E-state index in [0.717, 1.165) is 30.8 Å². The molecule has 1 saturated heterocycles. The van der Waals surface area contributed by atoms with Crippen molar-refractivity contribution in [2.45, 2.75) is 44.0 Å². The van der Waals surface area contributed by atoms with E-state index in [1.54, 1.807) is 4.88 Å². The molecule has 0 saturated carbocycles. The Kier molecular flexibility index (Phi) is 6.25. The van der Waals surface area contributed by atoms with Crippen LogP contribution in [0.15, 0.2) is 16.4 Å². The molecule has 3 heterocycles. The lowest BCUT2D eigenvalue weighted by Gasteiger charge is -2.32. The predicted octanol–water partition coefficient (Wildman–Crippen LogP) is 2.56. The van der Waals surface area contributed by atoms with Crippen LogP contribution in [0.25, 0.3) is 0 Å². The van der Waals surface area contributed by atoms with Crippen LogP contribution in [0.3, 0.4) is 0 Å². The zero-order valence-electron chi connectivity index (χ0n) is 14.2. The van der Waals surface area contributed by atoms with Gasteiger partial charge >= 0.3 is 0 Å². The highest BCUT2D eigenvalue weighted by Crippen LogP contribution is 2.25. The van der Waals surface area contributed by atoms with Crippen LogP contribution in [0.4, 0.5) is 0 Å². The highest BCUT2D eigenvalue weighted by Gasteiger charge is 2.21. The molecule has 0 bridgehead atoms. The van der Waals surface area contributed by atoms with Crippen molar-refractivity contribution >= 4 is 29.1 Å². The van der Waals surface area contributed by atoms with Crippen LogP contribution < -0.4 is 10.6 Å². The summed E-state index contributed by atoms with van der Waals surface area (Å²) in [5.41, 5.74) is 1.52. The van der Waals surface area contributed by atoms with Crippen LogP contribution in [0.5, 0.6) is 0 Å². The Hall–Kier alpha value is -0.720. The first-order valence-corrected chi connectivity index (χ1v) is 10.5. The van der Waals surface area contributed by atoms with Crippen LogP contribution in [-0.2, 0) is 13.0 Å². The van der Waals surface area contributed by atoms with E-state index in [0.29, 0.717) is 6.04 Å². The van der Waals surface area contributed by atoms with Crippen molar-refractivity contribution in [1.82, 2.24) is 15.5 Å². The molecule has 23 heavy (non-hydrogen) atoms. The highest BCUT2D eigenvalue weighted by molar-refractivity contribution is 8.00. The van der Waals surface area contributed by atoms with Gasteiger partial charge in [-0.05, 0) is 48.9 Å². The van der Waals surface area contributed by atoms with Gasteiger partial charge in [-0.1, -0.05) is 0 Å². The van der Waals surface area contributed by atoms with Crippen molar-refractivity contribution < 1.29 is 0 Å². The van der Waals surface area contributed by atoms with Gasteiger partial charge in [0.05, 0.1) is 0 Å². The van der Waals surface area contributed by atoms with Gasteiger partial charge < -0.3 is 10.6 Å². The van der Waals surface area contributed by atoms with Crippen molar-refractivity contribution in [3.8, 4) is 0 Å². The van der Waals surface area contributed by atoms with Crippen LogP contribution in [0, 0.1) is 0 Å². The lowest BCUT2D eigenvalue weighted by Crippen LogP contribution is -2.47. The topological polar surface area (TPSA) is 39.7 Å². The molecule has 6 heteroatoms. The number of aliphatic imine (C=N–C) groups is 1. The predicted molar refractivity (Wildman–Crippen MR) is 103 cm³/mol. The third-order valence-corrected chi connectivity index (χ3v) is 7.19. The summed E-state index contributed by atoms with van der Waals surface area (Å²) < 4.78 is 0. The van der Waals surface area contributed by atoms with Gasteiger partial charge in [0.25, 0.3) is 0 Å². The number of hydrogen-bond acceptors (Lipinski definition) is 4. The van der Waals surface area contributed by atoms with Crippen molar-refractivity contribution in [2.24, 2.45) is 4.99 Å². The molecule has 2 aliphatic heterocycles.